The van der Waals surface area contributed by atoms with Crippen LogP contribution >= 0.6 is 0 Å². The quantitative estimate of drug-likeness (QED) is 0.337. The molecule has 1 aliphatic carbocycles. The standard InChI is InChI=1S/C19H11NO5/c21-13-4-6-15-17(9-13)25-18-10-14(22)5-7-16(18)19(15)11-2-1-3-12(8-11)20(23)24/h1-10,21H. The van der Waals surface area contributed by atoms with Crippen LogP contribution in [0, 0.1) is 10.1 Å². The van der Waals surface area contributed by atoms with Crippen LogP contribution in [0.15, 0.2) is 69.9 Å². The summed E-state index contributed by atoms with van der Waals surface area (Å²) in [5, 5.41) is 21.5. The van der Waals surface area contributed by atoms with Crippen molar-refractivity contribution >= 4 is 16.7 Å². The fourth-order valence-electron chi connectivity index (χ4n) is 2.95. The van der Waals surface area contributed by atoms with E-state index in [9.17, 15) is 20.0 Å². The van der Waals surface area contributed by atoms with E-state index in [1.54, 1.807) is 24.3 Å². The Balaban J connectivity index is 2.15. The molecule has 0 saturated heterocycles. The number of nitro groups is 1. The Kier molecular flexibility index (Phi) is 3.25. The van der Waals surface area contributed by atoms with Gasteiger partial charge in [0.15, 0.2) is 5.43 Å². The second kappa shape index (κ2) is 5.45. The van der Waals surface area contributed by atoms with Gasteiger partial charge in [0.05, 0.1) is 4.92 Å². The van der Waals surface area contributed by atoms with Gasteiger partial charge in [0, 0.05) is 40.8 Å². The van der Waals surface area contributed by atoms with Gasteiger partial charge in [-0.05, 0) is 29.8 Å². The minimum atomic E-state index is -0.456. The molecule has 2 aromatic carbocycles. The van der Waals surface area contributed by atoms with E-state index in [4.69, 9.17) is 4.42 Å². The fourth-order valence-corrected chi connectivity index (χ4v) is 2.95. The fraction of sp³-hybridized carbons (Fsp3) is 0. The SMILES string of the molecule is O=c1ccc2c(-c3cccc([N+](=O)[O-])c3)c3ccc(O)cc3oc-2c1. The molecule has 25 heavy (non-hydrogen) atoms. The van der Waals surface area contributed by atoms with E-state index in [0.717, 1.165) is 0 Å². The Morgan fingerprint density at radius 3 is 2.64 bits per heavy atom. The number of hydrogen-bond donors (Lipinski definition) is 1. The summed E-state index contributed by atoms with van der Waals surface area (Å²) >= 11 is 0. The molecule has 0 radical (unpaired) electrons. The van der Waals surface area contributed by atoms with Gasteiger partial charge in [-0.1, -0.05) is 12.1 Å². The molecule has 0 amide bonds. The molecule has 4 rings (SSSR count). The van der Waals surface area contributed by atoms with Crippen LogP contribution < -0.4 is 5.43 Å². The number of phenols is 1. The zero-order chi connectivity index (χ0) is 17.6. The molecule has 1 aliphatic heterocycles. The number of aromatic hydroxyl groups is 1. The van der Waals surface area contributed by atoms with Gasteiger partial charge in [0.2, 0.25) is 0 Å². The van der Waals surface area contributed by atoms with E-state index in [1.807, 2.05) is 0 Å². The van der Waals surface area contributed by atoms with Gasteiger partial charge < -0.3 is 9.52 Å². The third-order valence-corrected chi connectivity index (χ3v) is 4.02. The maximum absolute atomic E-state index is 11.7. The van der Waals surface area contributed by atoms with Gasteiger partial charge in [-0.25, -0.2) is 0 Å². The molecule has 0 saturated carbocycles. The normalized spacial score (nSPS) is 11.0. The number of non-ortho nitro benzene ring substituents is 1. The molecular weight excluding hydrogens is 322 g/mol. The third kappa shape index (κ3) is 2.49. The number of rotatable bonds is 2. The van der Waals surface area contributed by atoms with E-state index in [2.05, 4.69) is 0 Å². The smallest absolute Gasteiger partial charge is 0.270 e. The summed E-state index contributed by atoms with van der Waals surface area (Å²) in [4.78, 5) is 22.3. The predicted octanol–water partition coefficient (Wildman–Crippen LogP) is 4.18. The topological polar surface area (TPSA) is 93.6 Å². The van der Waals surface area contributed by atoms with Crippen LogP contribution in [0.25, 0.3) is 33.4 Å². The highest BCUT2D eigenvalue weighted by Gasteiger charge is 2.19. The average Bonchev–Trinajstić information content (AvgIpc) is 2.59. The largest absolute Gasteiger partial charge is 0.508 e. The van der Waals surface area contributed by atoms with Crippen molar-refractivity contribution < 1.29 is 14.4 Å². The lowest BCUT2D eigenvalue weighted by atomic mass is 9.93. The summed E-state index contributed by atoms with van der Waals surface area (Å²) in [6.07, 6.45) is 0. The Morgan fingerprint density at radius 2 is 1.84 bits per heavy atom. The molecule has 0 bridgehead atoms. The third-order valence-electron chi connectivity index (χ3n) is 4.02. The molecule has 1 N–H and O–H groups in total. The molecule has 1 heterocycles. The van der Waals surface area contributed by atoms with Crippen molar-refractivity contribution in [3.63, 3.8) is 0 Å². The van der Waals surface area contributed by atoms with Gasteiger partial charge >= 0.3 is 0 Å². The molecule has 2 aliphatic rings. The van der Waals surface area contributed by atoms with Crippen LogP contribution in [0.1, 0.15) is 0 Å². The number of fused-ring (bicyclic) bond motifs is 2. The van der Waals surface area contributed by atoms with Gasteiger partial charge in [0.25, 0.3) is 5.69 Å². The second-order valence-corrected chi connectivity index (χ2v) is 5.62. The van der Waals surface area contributed by atoms with E-state index in [1.165, 1.54) is 36.4 Å². The molecule has 0 unspecified atom stereocenters. The number of benzene rings is 3. The lowest BCUT2D eigenvalue weighted by Gasteiger charge is -2.15. The molecule has 0 atom stereocenters. The average molecular weight is 333 g/mol. The summed E-state index contributed by atoms with van der Waals surface area (Å²) < 4.78 is 5.75. The highest BCUT2D eigenvalue weighted by atomic mass is 16.6. The maximum atomic E-state index is 11.7. The van der Waals surface area contributed by atoms with E-state index in [-0.39, 0.29) is 16.9 Å². The second-order valence-electron chi connectivity index (χ2n) is 5.62. The number of nitrogens with zero attached hydrogens (tertiary/aromatic N) is 1. The van der Waals surface area contributed by atoms with Crippen LogP contribution in [0.3, 0.4) is 0 Å². The van der Waals surface area contributed by atoms with Crippen molar-refractivity contribution in [1.82, 2.24) is 0 Å². The molecule has 0 spiro atoms. The highest BCUT2D eigenvalue weighted by molar-refractivity contribution is 6.02. The first-order valence-electron chi connectivity index (χ1n) is 7.47. The van der Waals surface area contributed by atoms with Crippen molar-refractivity contribution in [3.8, 4) is 28.2 Å². The zero-order valence-electron chi connectivity index (χ0n) is 12.8. The summed E-state index contributed by atoms with van der Waals surface area (Å²) in [7, 11) is 0. The van der Waals surface area contributed by atoms with Crippen LogP contribution in [0.2, 0.25) is 0 Å². The van der Waals surface area contributed by atoms with Gasteiger partial charge in [-0.3, -0.25) is 14.9 Å². The molecular formula is C19H11NO5. The summed E-state index contributed by atoms with van der Waals surface area (Å²) in [6.45, 7) is 0. The first-order chi connectivity index (χ1) is 12.0. The lowest BCUT2D eigenvalue weighted by Crippen LogP contribution is -1.99. The summed E-state index contributed by atoms with van der Waals surface area (Å²) in [6, 6.07) is 15.4. The van der Waals surface area contributed by atoms with E-state index < -0.39 is 4.92 Å². The van der Waals surface area contributed by atoms with Crippen molar-refractivity contribution in [3.05, 3.63) is 81.0 Å². The molecule has 2 aromatic rings. The first-order valence-corrected chi connectivity index (χ1v) is 7.47. The van der Waals surface area contributed by atoms with Crippen molar-refractivity contribution in [1.29, 1.82) is 0 Å². The molecule has 122 valence electrons. The molecule has 0 aromatic heterocycles. The van der Waals surface area contributed by atoms with Crippen molar-refractivity contribution in [2.75, 3.05) is 0 Å². The Labute approximate surface area is 141 Å². The number of nitro benzene ring substituents is 1. The number of phenolic OH excluding ortho intramolecular Hbond substituents is 1. The Morgan fingerprint density at radius 1 is 1.00 bits per heavy atom. The van der Waals surface area contributed by atoms with Gasteiger partial charge in [-0.2, -0.15) is 0 Å². The molecule has 0 fully saturated rings. The van der Waals surface area contributed by atoms with E-state index >= 15 is 0 Å². The summed E-state index contributed by atoms with van der Waals surface area (Å²) in [5.41, 5.74) is 2.15. The van der Waals surface area contributed by atoms with Crippen molar-refractivity contribution in [2.45, 2.75) is 0 Å². The zero-order valence-corrected chi connectivity index (χ0v) is 12.8. The summed E-state index contributed by atoms with van der Waals surface area (Å²) in [5.74, 6) is 0.381. The highest BCUT2D eigenvalue weighted by Crippen LogP contribution is 2.41. The van der Waals surface area contributed by atoms with Crippen molar-refractivity contribution in [2.24, 2.45) is 0 Å². The molecule has 6 heteroatoms. The van der Waals surface area contributed by atoms with E-state index in [0.29, 0.717) is 33.4 Å². The Bertz CT molecular complexity index is 1160. The van der Waals surface area contributed by atoms with Crippen LogP contribution in [-0.4, -0.2) is 10.0 Å². The molecule has 6 nitrogen and oxygen atoms in total. The Hall–Kier alpha value is -3.67. The maximum Gasteiger partial charge on any atom is 0.270 e. The lowest BCUT2D eigenvalue weighted by molar-refractivity contribution is -0.384. The van der Waals surface area contributed by atoms with Crippen LogP contribution in [0.5, 0.6) is 5.75 Å². The van der Waals surface area contributed by atoms with Gasteiger partial charge in [0.1, 0.15) is 17.1 Å². The number of hydrogen-bond acceptors (Lipinski definition) is 5. The minimum absolute atomic E-state index is 0.0267. The predicted molar refractivity (Wildman–Crippen MR) is 92.9 cm³/mol. The van der Waals surface area contributed by atoms with Gasteiger partial charge in [-0.15, -0.1) is 0 Å². The van der Waals surface area contributed by atoms with Crippen LogP contribution in [-0.2, 0) is 0 Å². The monoisotopic (exact) mass is 333 g/mol. The minimum Gasteiger partial charge on any atom is -0.508 e. The van der Waals surface area contributed by atoms with Crippen LogP contribution in [0.4, 0.5) is 5.69 Å². The first kappa shape index (κ1) is 14.9.